The van der Waals surface area contributed by atoms with Crippen LogP contribution in [-0.4, -0.2) is 25.8 Å². The van der Waals surface area contributed by atoms with E-state index in [9.17, 15) is 14.9 Å². The van der Waals surface area contributed by atoms with Gasteiger partial charge in [0.15, 0.2) is 0 Å². The van der Waals surface area contributed by atoms with E-state index in [0.717, 1.165) is 16.8 Å². The second-order valence-electron chi connectivity index (χ2n) is 6.62. The minimum absolute atomic E-state index is 0.0373. The van der Waals surface area contributed by atoms with Crippen LogP contribution in [0.5, 0.6) is 0 Å². The highest BCUT2D eigenvalue weighted by molar-refractivity contribution is 5.94. The summed E-state index contributed by atoms with van der Waals surface area (Å²) in [4.78, 5) is 23.1. The fourth-order valence-electron chi connectivity index (χ4n) is 3.07. The second kappa shape index (κ2) is 7.63. The lowest BCUT2D eigenvalue weighted by Gasteiger charge is -2.07. The summed E-state index contributed by atoms with van der Waals surface area (Å²) in [5.41, 5.74) is 3.97. The van der Waals surface area contributed by atoms with E-state index in [2.05, 4.69) is 15.6 Å². The largest absolute Gasteiger partial charge is 0.361 e. The molecule has 0 saturated carbocycles. The van der Waals surface area contributed by atoms with Crippen molar-refractivity contribution in [3.05, 3.63) is 73.9 Å². The smallest absolute Gasteiger partial charge is 0.312 e. The van der Waals surface area contributed by atoms with E-state index in [0.29, 0.717) is 35.8 Å². The number of aryl methyl sites for hydroxylation is 3. The van der Waals surface area contributed by atoms with E-state index in [1.165, 1.54) is 0 Å². The second-order valence-corrected chi connectivity index (χ2v) is 6.62. The van der Waals surface area contributed by atoms with Crippen molar-refractivity contribution in [2.45, 2.75) is 40.8 Å². The molecule has 28 heavy (non-hydrogen) atoms. The summed E-state index contributed by atoms with van der Waals surface area (Å²) < 4.78 is 6.69. The van der Waals surface area contributed by atoms with E-state index in [4.69, 9.17) is 4.52 Å². The molecule has 0 aliphatic rings. The summed E-state index contributed by atoms with van der Waals surface area (Å²) in [6.45, 7) is 7.66. The molecule has 3 aromatic rings. The van der Waals surface area contributed by atoms with Gasteiger partial charge in [-0.05, 0) is 45.4 Å². The lowest BCUT2D eigenvalue weighted by Crippen LogP contribution is -2.23. The molecule has 0 saturated heterocycles. The maximum absolute atomic E-state index is 12.4. The summed E-state index contributed by atoms with van der Waals surface area (Å²) in [6.07, 6.45) is 0. The molecule has 2 aromatic heterocycles. The van der Waals surface area contributed by atoms with Crippen LogP contribution in [0.15, 0.2) is 28.8 Å². The van der Waals surface area contributed by atoms with E-state index >= 15 is 0 Å². The van der Waals surface area contributed by atoms with Crippen LogP contribution in [0.4, 0.5) is 5.69 Å². The number of amides is 1. The predicted octanol–water partition coefficient (Wildman–Crippen LogP) is 2.99. The predicted molar refractivity (Wildman–Crippen MR) is 101 cm³/mol. The summed E-state index contributed by atoms with van der Waals surface area (Å²) in [6, 6.07) is 7.07. The SMILES string of the molecule is Cc1noc(C)c1CNC(=O)c1ccc(Cn2nc(C)c([N+](=O)[O-])c2C)cc1. The fourth-order valence-corrected chi connectivity index (χ4v) is 3.07. The summed E-state index contributed by atoms with van der Waals surface area (Å²) in [5, 5.41) is 22.1. The van der Waals surface area contributed by atoms with Gasteiger partial charge >= 0.3 is 5.69 Å². The van der Waals surface area contributed by atoms with Crippen LogP contribution < -0.4 is 5.32 Å². The third-order valence-corrected chi connectivity index (χ3v) is 4.68. The van der Waals surface area contributed by atoms with Gasteiger partial charge in [-0.15, -0.1) is 0 Å². The maximum Gasteiger partial charge on any atom is 0.312 e. The van der Waals surface area contributed by atoms with Crippen molar-refractivity contribution in [1.29, 1.82) is 0 Å². The topological polar surface area (TPSA) is 116 Å². The zero-order valence-corrected chi connectivity index (χ0v) is 16.1. The normalized spacial score (nSPS) is 10.9. The molecule has 0 spiro atoms. The average molecular weight is 383 g/mol. The molecule has 0 atom stereocenters. The van der Waals surface area contributed by atoms with Gasteiger partial charge in [0, 0.05) is 17.7 Å². The average Bonchev–Trinajstić information content (AvgIpc) is 3.11. The maximum atomic E-state index is 12.4. The molecule has 0 aliphatic carbocycles. The summed E-state index contributed by atoms with van der Waals surface area (Å²) in [5.74, 6) is 0.487. The highest BCUT2D eigenvalue weighted by atomic mass is 16.6. The molecule has 1 amide bonds. The Labute approximate surface area is 161 Å². The number of aromatic nitrogens is 3. The zero-order chi connectivity index (χ0) is 20.4. The van der Waals surface area contributed by atoms with Gasteiger partial charge in [-0.3, -0.25) is 19.6 Å². The van der Waals surface area contributed by atoms with Gasteiger partial charge in [-0.2, -0.15) is 5.10 Å². The zero-order valence-electron chi connectivity index (χ0n) is 16.1. The van der Waals surface area contributed by atoms with E-state index in [-0.39, 0.29) is 11.6 Å². The molecule has 3 rings (SSSR count). The van der Waals surface area contributed by atoms with E-state index < -0.39 is 4.92 Å². The summed E-state index contributed by atoms with van der Waals surface area (Å²) >= 11 is 0. The molecule has 0 fully saturated rings. The molecular formula is C19H21N5O4. The van der Waals surface area contributed by atoms with Gasteiger partial charge < -0.3 is 9.84 Å². The van der Waals surface area contributed by atoms with Crippen LogP contribution in [0.3, 0.4) is 0 Å². The fraction of sp³-hybridized carbons (Fsp3) is 0.316. The minimum atomic E-state index is -0.416. The Bertz CT molecular complexity index is 1010. The number of carbonyl (C=O) groups is 1. The number of hydrogen-bond acceptors (Lipinski definition) is 6. The molecule has 1 aromatic carbocycles. The number of nitrogens with zero attached hydrogens (tertiary/aromatic N) is 4. The van der Waals surface area contributed by atoms with Gasteiger partial charge in [0.1, 0.15) is 17.1 Å². The molecule has 0 radical (unpaired) electrons. The molecule has 0 unspecified atom stereocenters. The molecular weight excluding hydrogens is 362 g/mol. The highest BCUT2D eigenvalue weighted by Crippen LogP contribution is 2.22. The van der Waals surface area contributed by atoms with Gasteiger partial charge in [0.2, 0.25) is 0 Å². The molecule has 146 valence electrons. The first-order chi connectivity index (χ1) is 13.3. The van der Waals surface area contributed by atoms with Crippen LogP contribution in [0.2, 0.25) is 0 Å². The first kappa shape index (κ1) is 19.3. The van der Waals surface area contributed by atoms with Crippen molar-refractivity contribution in [1.82, 2.24) is 20.3 Å². The van der Waals surface area contributed by atoms with Crippen LogP contribution in [-0.2, 0) is 13.1 Å². The third kappa shape index (κ3) is 3.78. The monoisotopic (exact) mass is 383 g/mol. The standard InChI is InChI=1S/C19H21N5O4/c1-11-17(14(4)28-22-11)9-20-19(25)16-7-5-15(6-8-16)10-23-13(3)18(24(26)27)12(2)21-23/h5-8H,9-10H2,1-4H3,(H,20,25). The Morgan fingerprint density at radius 2 is 1.86 bits per heavy atom. The summed E-state index contributed by atoms with van der Waals surface area (Å²) in [7, 11) is 0. The number of benzene rings is 1. The molecule has 9 heteroatoms. The first-order valence-electron chi connectivity index (χ1n) is 8.75. The van der Waals surface area contributed by atoms with Crippen LogP contribution in [0.25, 0.3) is 0 Å². The molecule has 9 nitrogen and oxygen atoms in total. The quantitative estimate of drug-likeness (QED) is 0.517. The Morgan fingerprint density at radius 3 is 2.39 bits per heavy atom. The number of nitro groups is 1. The van der Waals surface area contributed by atoms with Crippen molar-refractivity contribution < 1.29 is 14.2 Å². The van der Waals surface area contributed by atoms with E-state index in [1.54, 1.807) is 37.6 Å². The number of hydrogen-bond donors (Lipinski definition) is 1. The van der Waals surface area contributed by atoms with Crippen LogP contribution in [0.1, 0.15) is 44.3 Å². The lowest BCUT2D eigenvalue weighted by molar-refractivity contribution is -0.386. The molecule has 1 N–H and O–H groups in total. The molecule has 2 heterocycles. The van der Waals surface area contributed by atoms with Gasteiger partial charge in [0.05, 0.1) is 17.2 Å². The minimum Gasteiger partial charge on any atom is -0.361 e. The van der Waals surface area contributed by atoms with E-state index in [1.807, 2.05) is 19.1 Å². The Morgan fingerprint density at radius 1 is 1.18 bits per heavy atom. The van der Waals surface area contributed by atoms with Gasteiger partial charge in [-0.1, -0.05) is 17.3 Å². The van der Waals surface area contributed by atoms with Crippen LogP contribution in [0, 0.1) is 37.8 Å². The van der Waals surface area contributed by atoms with Crippen molar-refractivity contribution in [2.75, 3.05) is 0 Å². The van der Waals surface area contributed by atoms with Crippen molar-refractivity contribution in [3.63, 3.8) is 0 Å². The van der Waals surface area contributed by atoms with Gasteiger partial charge in [-0.25, -0.2) is 0 Å². The van der Waals surface area contributed by atoms with Crippen molar-refractivity contribution >= 4 is 11.6 Å². The highest BCUT2D eigenvalue weighted by Gasteiger charge is 2.21. The lowest BCUT2D eigenvalue weighted by atomic mass is 10.1. The third-order valence-electron chi connectivity index (χ3n) is 4.68. The van der Waals surface area contributed by atoms with Crippen LogP contribution >= 0.6 is 0 Å². The van der Waals surface area contributed by atoms with Crippen molar-refractivity contribution in [3.8, 4) is 0 Å². The molecule has 0 bridgehead atoms. The Kier molecular flexibility index (Phi) is 5.25. The molecule has 0 aliphatic heterocycles. The number of carbonyl (C=O) groups excluding carboxylic acids is 1. The van der Waals surface area contributed by atoms with Gasteiger partial charge in [0.25, 0.3) is 5.91 Å². The first-order valence-corrected chi connectivity index (χ1v) is 8.75. The van der Waals surface area contributed by atoms with Crippen molar-refractivity contribution in [2.24, 2.45) is 0 Å². The number of nitrogens with one attached hydrogen (secondary N) is 1. The number of rotatable bonds is 6. The Hall–Kier alpha value is -3.49. The Balaban J connectivity index is 1.67.